The van der Waals surface area contributed by atoms with Crippen LogP contribution >= 0.6 is 0 Å². The lowest BCUT2D eigenvalue weighted by molar-refractivity contribution is 0.166. The number of rotatable bonds is 8. The van der Waals surface area contributed by atoms with Crippen molar-refractivity contribution in [1.29, 1.82) is 0 Å². The van der Waals surface area contributed by atoms with Gasteiger partial charge in [0, 0.05) is 38.2 Å². The van der Waals surface area contributed by atoms with E-state index in [2.05, 4.69) is 33.8 Å². The Kier molecular flexibility index (Phi) is 7.89. The molecule has 0 spiro atoms. The first kappa shape index (κ1) is 23.1. The molecular weight excluding hydrogens is 416 g/mol. The Morgan fingerprint density at radius 3 is 2.58 bits per heavy atom. The highest BCUT2D eigenvalue weighted by atomic mass is 32.2. The van der Waals surface area contributed by atoms with E-state index in [1.165, 1.54) is 12.1 Å². The predicted molar refractivity (Wildman–Crippen MR) is 120 cm³/mol. The molecule has 9 heteroatoms. The first-order valence-corrected chi connectivity index (χ1v) is 11.8. The van der Waals surface area contributed by atoms with Crippen molar-refractivity contribution in [3.8, 4) is 5.75 Å². The van der Waals surface area contributed by atoms with Gasteiger partial charge in [0.25, 0.3) is 0 Å². The van der Waals surface area contributed by atoms with Crippen LogP contribution in [0.25, 0.3) is 0 Å². The Hall–Kier alpha value is -2.62. The van der Waals surface area contributed by atoms with Gasteiger partial charge in [-0.05, 0) is 42.7 Å². The molecule has 3 rings (SSSR count). The molecule has 0 aromatic heterocycles. The SMILES string of the molecule is CN=C(NCc1ccc(S(N)(=O)=O)cc1)NCc1ccc(C)cc1OCC1CCOC1. The van der Waals surface area contributed by atoms with Crippen LogP contribution in [0.5, 0.6) is 5.75 Å². The number of nitrogens with one attached hydrogen (secondary N) is 2. The zero-order chi connectivity index (χ0) is 22.3. The summed E-state index contributed by atoms with van der Waals surface area (Å²) >= 11 is 0. The van der Waals surface area contributed by atoms with Crippen LogP contribution in [-0.4, -0.2) is 41.2 Å². The van der Waals surface area contributed by atoms with Crippen molar-refractivity contribution in [2.45, 2.75) is 31.3 Å². The number of benzene rings is 2. The number of aliphatic imine (C=N–C) groups is 1. The average Bonchev–Trinajstić information content (AvgIpc) is 3.27. The van der Waals surface area contributed by atoms with Gasteiger partial charge in [-0.25, -0.2) is 13.6 Å². The molecule has 8 nitrogen and oxygen atoms in total. The number of hydrogen-bond donors (Lipinski definition) is 3. The Balaban J connectivity index is 1.55. The first-order valence-electron chi connectivity index (χ1n) is 10.2. The molecule has 2 aromatic rings. The van der Waals surface area contributed by atoms with Crippen LogP contribution in [0.3, 0.4) is 0 Å². The van der Waals surface area contributed by atoms with Gasteiger partial charge in [0.1, 0.15) is 5.75 Å². The van der Waals surface area contributed by atoms with Gasteiger partial charge >= 0.3 is 0 Å². The summed E-state index contributed by atoms with van der Waals surface area (Å²) in [5, 5.41) is 11.7. The van der Waals surface area contributed by atoms with Crippen LogP contribution in [0.15, 0.2) is 52.4 Å². The number of guanidine groups is 1. The molecule has 0 radical (unpaired) electrons. The largest absolute Gasteiger partial charge is 0.493 e. The van der Waals surface area contributed by atoms with E-state index in [1.54, 1.807) is 19.2 Å². The number of nitrogens with two attached hydrogens (primary N) is 1. The molecule has 1 atom stereocenters. The van der Waals surface area contributed by atoms with Crippen molar-refractivity contribution in [2.24, 2.45) is 16.0 Å². The van der Waals surface area contributed by atoms with Crippen LogP contribution in [-0.2, 0) is 27.8 Å². The Morgan fingerprint density at radius 2 is 1.94 bits per heavy atom. The number of aryl methyl sites for hydroxylation is 1. The minimum Gasteiger partial charge on any atom is -0.493 e. The van der Waals surface area contributed by atoms with Crippen LogP contribution in [0, 0.1) is 12.8 Å². The van der Waals surface area contributed by atoms with E-state index in [1.807, 2.05) is 6.92 Å². The third kappa shape index (κ3) is 6.95. The van der Waals surface area contributed by atoms with Crippen molar-refractivity contribution in [3.63, 3.8) is 0 Å². The van der Waals surface area contributed by atoms with E-state index in [9.17, 15) is 8.42 Å². The zero-order valence-corrected chi connectivity index (χ0v) is 18.7. The Morgan fingerprint density at radius 1 is 1.19 bits per heavy atom. The summed E-state index contributed by atoms with van der Waals surface area (Å²) in [7, 11) is -1.99. The molecule has 31 heavy (non-hydrogen) atoms. The molecule has 0 aliphatic carbocycles. The van der Waals surface area contributed by atoms with Gasteiger partial charge in [0.05, 0.1) is 18.1 Å². The van der Waals surface area contributed by atoms with E-state index in [0.717, 1.165) is 42.1 Å². The Bertz CT molecular complexity index is 1000. The summed E-state index contributed by atoms with van der Waals surface area (Å²) in [5.41, 5.74) is 3.10. The molecule has 1 unspecified atom stereocenters. The van der Waals surface area contributed by atoms with Crippen molar-refractivity contribution in [2.75, 3.05) is 26.9 Å². The lowest BCUT2D eigenvalue weighted by Gasteiger charge is -2.17. The maximum absolute atomic E-state index is 11.4. The van der Waals surface area contributed by atoms with E-state index in [0.29, 0.717) is 31.6 Å². The lowest BCUT2D eigenvalue weighted by Crippen LogP contribution is -2.36. The highest BCUT2D eigenvalue weighted by Crippen LogP contribution is 2.22. The molecule has 2 aromatic carbocycles. The van der Waals surface area contributed by atoms with Gasteiger partial charge in [-0.1, -0.05) is 24.3 Å². The summed E-state index contributed by atoms with van der Waals surface area (Å²) in [5.74, 6) is 1.94. The van der Waals surface area contributed by atoms with Crippen molar-refractivity contribution in [1.82, 2.24) is 10.6 Å². The fourth-order valence-corrected chi connectivity index (χ4v) is 3.76. The Labute approximate surface area is 183 Å². The highest BCUT2D eigenvalue weighted by molar-refractivity contribution is 7.89. The van der Waals surface area contributed by atoms with Crippen LogP contribution in [0.4, 0.5) is 0 Å². The van der Waals surface area contributed by atoms with Crippen LogP contribution in [0.1, 0.15) is 23.1 Å². The third-order valence-corrected chi connectivity index (χ3v) is 6.03. The van der Waals surface area contributed by atoms with E-state index >= 15 is 0 Å². The quantitative estimate of drug-likeness (QED) is 0.422. The van der Waals surface area contributed by atoms with Gasteiger partial charge in [-0.3, -0.25) is 4.99 Å². The minimum absolute atomic E-state index is 0.0924. The second-order valence-electron chi connectivity index (χ2n) is 7.62. The summed E-state index contributed by atoms with van der Waals surface area (Å²) in [6, 6.07) is 12.6. The molecule has 0 amide bonds. The minimum atomic E-state index is -3.69. The second kappa shape index (κ2) is 10.6. The van der Waals surface area contributed by atoms with Gasteiger partial charge in [-0.2, -0.15) is 0 Å². The fourth-order valence-electron chi connectivity index (χ4n) is 3.25. The fraction of sp³-hybridized carbons (Fsp3) is 0.409. The molecule has 1 heterocycles. The third-order valence-electron chi connectivity index (χ3n) is 5.10. The molecule has 1 fully saturated rings. The number of primary sulfonamides is 1. The van der Waals surface area contributed by atoms with Crippen molar-refractivity contribution in [3.05, 3.63) is 59.2 Å². The summed E-state index contributed by atoms with van der Waals surface area (Å²) < 4.78 is 34.2. The van der Waals surface area contributed by atoms with Crippen LogP contribution in [0.2, 0.25) is 0 Å². The van der Waals surface area contributed by atoms with Gasteiger partial charge in [0.2, 0.25) is 10.0 Å². The van der Waals surface area contributed by atoms with Gasteiger partial charge in [0.15, 0.2) is 5.96 Å². The standard InChI is InChI=1S/C22H30N4O4S/c1-16-3-6-19(21(11-16)30-15-18-9-10-29-14-18)13-26-22(24-2)25-12-17-4-7-20(8-5-17)31(23,27)28/h3-8,11,18H,9-10,12-15H2,1-2H3,(H2,23,27,28)(H2,24,25,26). The summed E-state index contributed by atoms with van der Waals surface area (Å²) in [6.07, 6.45) is 1.04. The molecule has 1 aliphatic rings. The summed E-state index contributed by atoms with van der Waals surface area (Å²) in [6.45, 7) is 5.31. The smallest absolute Gasteiger partial charge is 0.238 e. The maximum atomic E-state index is 11.4. The predicted octanol–water partition coefficient (Wildman–Crippen LogP) is 1.92. The topological polar surface area (TPSA) is 115 Å². The van der Waals surface area contributed by atoms with E-state index in [4.69, 9.17) is 14.6 Å². The second-order valence-corrected chi connectivity index (χ2v) is 9.18. The molecule has 0 saturated carbocycles. The molecule has 1 aliphatic heterocycles. The number of sulfonamides is 1. The van der Waals surface area contributed by atoms with Crippen molar-refractivity contribution >= 4 is 16.0 Å². The zero-order valence-electron chi connectivity index (χ0n) is 17.9. The van der Waals surface area contributed by atoms with E-state index < -0.39 is 10.0 Å². The van der Waals surface area contributed by atoms with E-state index in [-0.39, 0.29) is 4.90 Å². The van der Waals surface area contributed by atoms with Gasteiger partial charge in [-0.15, -0.1) is 0 Å². The molecule has 1 saturated heterocycles. The highest BCUT2D eigenvalue weighted by Gasteiger charge is 2.17. The molecule has 4 N–H and O–H groups in total. The summed E-state index contributed by atoms with van der Waals surface area (Å²) in [4.78, 5) is 4.34. The number of nitrogens with zero attached hydrogens (tertiary/aromatic N) is 1. The normalized spacial score (nSPS) is 16.9. The lowest BCUT2D eigenvalue weighted by atomic mass is 10.1. The van der Waals surface area contributed by atoms with Gasteiger partial charge < -0.3 is 20.1 Å². The maximum Gasteiger partial charge on any atom is 0.238 e. The number of ether oxygens (including phenoxy) is 2. The first-order chi connectivity index (χ1) is 14.8. The number of hydrogen-bond acceptors (Lipinski definition) is 5. The molecule has 168 valence electrons. The monoisotopic (exact) mass is 446 g/mol. The van der Waals surface area contributed by atoms with Crippen molar-refractivity contribution < 1.29 is 17.9 Å². The molecule has 0 bridgehead atoms. The van der Waals surface area contributed by atoms with Crippen LogP contribution < -0.4 is 20.5 Å². The molecular formula is C22H30N4O4S. The average molecular weight is 447 g/mol.